The summed E-state index contributed by atoms with van der Waals surface area (Å²) >= 11 is 7.28. The van der Waals surface area contributed by atoms with Gasteiger partial charge in [-0.05, 0) is 60.0 Å². The van der Waals surface area contributed by atoms with Crippen LogP contribution in [-0.2, 0) is 12.7 Å². The second-order valence-corrected chi connectivity index (χ2v) is 7.80. The van der Waals surface area contributed by atoms with Crippen LogP contribution in [0.4, 0.5) is 19.0 Å². The van der Waals surface area contributed by atoms with Gasteiger partial charge in [0.25, 0.3) is 0 Å². The molecular formula is C21H13ClF3N3O2S. The number of aromatic carboxylic acids is 1. The van der Waals surface area contributed by atoms with Crippen LogP contribution in [0, 0.1) is 11.3 Å². The third-order valence-electron chi connectivity index (χ3n) is 4.11. The molecule has 0 aliphatic carbocycles. The number of benzene rings is 2. The minimum atomic E-state index is -4.58. The Balaban J connectivity index is 1.95. The van der Waals surface area contributed by atoms with Crippen LogP contribution in [0.25, 0.3) is 0 Å². The molecule has 1 aromatic heterocycles. The summed E-state index contributed by atoms with van der Waals surface area (Å²) in [6.07, 6.45) is -3.87. The topological polar surface area (TPSA) is 77.2 Å². The van der Waals surface area contributed by atoms with E-state index in [1.807, 2.05) is 6.07 Å². The van der Waals surface area contributed by atoms with Gasteiger partial charge in [-0.25, -0.2) is 9.78 Å². The molecule has 0 aliphatic heterocycles. The van der Waals surface area contributed by atoms with Crippen molar-refractivity contribution in [3.8, 4) is 6.07 Å². The molecule has 1 heterocycles. The second kappa shape index (κ2) is 9.29. The summed E-state index contributed by atoms with van der Waals surface area (Å²) < 4.78 is 40.5. The number of carboxylic acids is 1. The molecule has 0 radical (unpaired) electrons. The first-order chi connectivity index (χ1) is 14.7. The summed E-state index contributed by atoms with van der Waals surface area (Å²) in [6.45, 7) is 0.217. The number of aromatic nitrogens is 1. The Morgan fingerprint density at radius 1 is 1.16 bits per heavy atom. The van der Waals surface area contributed by atoms with Crippen LogP contribution >= 0.6 is 23.5 Å². The van der Waals surface area contributed by atoms with Crippen molar-refractivity contribution in [1.82, 2.24) is 4.98 Å². The van der Waals surface area contributed by atoms with E-state index < -0.39 is 17.7 Å². The average Bonchev–Trinajstić information content (AvgIpc) is 2.73. The molecule has 0 bridgehead atoms. The highest BCUT2D eigenvalue weighted by Gasteiger charge is 2.32. The van der Waals surface area contributed by atoms with Crippen molar-refractivity contribution in [3.63, 3.8) is 0 Å². The van der Waals surface area contributed by atoms with Gasteiger partial charge in [-0.2, -0.15) is 18.4 Å². The van der Waals surface area contributed by atoms with Crippen molar-refractivity contribution < 1.29 is 23.1 Å². The number of nitrogens with zero attached hydrogens (tertiary/aromatic N) is 3. The molecule has 0 fully saturated rings. The van der Waals surface area contributed by atoms with Crippen molar-refractivity contribution >= 4 is 35.3 Å². The number of anilines is 1. The van der Waals surface area contributed by atoms with Gasteiger partial charge in [0.1, 0.15) is 0 Å². The van der Waals surface area contributed by atoms with Gasteiger partial charge in [-0.15, -0.1) is 0 Å². The molecule has 3 aromatic rings. The molecule has 0 spiro atoms. The summed E-state index contributed by atoms with van der Waals surface area (Å²) in [4.78, 5) is 15.6. The summed E-state index contributed by atoms with van der Waals surface area (Å²) in [5.41, 5.74) is 0.383. The number of carbonyl (C=O) groups is 1. The van der Waals surface area contributed by atoms with Crippen LogP contribution in [0.15, 0.2) is 65.7 Å². The molecule has 0 saturated carbocycles. The van der Waals surface area contributed by atoms with Crippen molar-refractivity contribution in [2.75, 3.05) is 4.31 Å². The number of pyridine rings is 1. The van der Waals surface area contributed by atoms with Gasteiger partial charge in [0.2, 0.25) is 0 Å². The van der Waals surface area contributed by atoms with Crippen LogP contribution in [0.3, 0.4) is 0 Å². The van der Waals surface area contributed by atoms with E-state index in [-0.39, 0.29) is 22.9 Å². The zero-order chi connectivity index (χ0) is 22.6. The van der Waals surface area contributed by atoms with E-state index >= 15 is 0 Å². The first-order valence-corrected chi connectivity index (χ1v) is 9.83. The lowest BCUT2D eigenvalue weighted by atomic mass is 10.1. The van der Waals surface area contributed by atoms with Crippen molar-refractivity contribution in [2.45, 2.75) is 17.6 Å². The van der Waals surface area contributed by atoms with Crippen LogP contribution in [-0.4, -0.2) is 16.1 Å². The number of carboxylic acid groups (broad SMARTS) is 1. The molecule has 10 heteroatoms. The van der Waals surface area contributed by atoms with Crippen LogP contribution < -0.4 is 4.31 Å². The molecule has 0 atom stereocenters. The fraction of sp³-hybridized carbons (Fsp3) is 0.0952. The highest BCUT2D eigenvalue weighted by Crippen LogP contribution is 2.37. The lowest BCUT2D eigenvalue weighted by molar-refractivity contribution is -0.137. The molecule has 5 nitrogen and oxygen atoms in total. The van der Waals surface area contributed by atoms with Crippen LogP contribution in [0.5, 0.6) is 0 Å². The third-order valence-corrected chi connectivity index (χ3v) is 5.39. The summed E-state index contributed by atoms with van der Waals surface area (Å²) in [5, 5.41) is 17.8. The molecule has 3 rings (SSSR count). The van der Waals surface area contributed by atoms with Gasteiger partial charge < -0.3 is 5.11 Å². The lowest BCUT2D eigenvalue weighted by Crippen LogP contribution is -2.17. The molecule has 2 aromatic carbocycles. The maximum absolute atomic E-state index is 13.0. The van der Waals surface area contributed by atoms with Gasteiger partial charge in [0.05, 0.1) is 34.3 Å². The highest BCUT2D eigenvalue weighted by atomic mass is 35.5. The third kappa shape index (κ3) is 5.69. The fourth-order valence-electron chi connectivity index (χ4n) is 2.56. The Bertz CT molecular complexity index is 1130. The first-order valence-electron chi connectivity index (χ1n) is 8.68. The van der Waals surface area contributed by atoms with Gasteiger partial charge in [-0.1, -0.05) is 23.7 Å². The van der Waals surface area contributed by atoms with Gasteiger partial charge in [0, 0.05) is 11.1 Å². The summed E-state index contributed by atoms with van der Waals surface area (Å²) in [6, 6.07) is 15.5. The normalized spacial score (nSPS) is 11.1. The molecule has 31 heavy (non-hydrogen) atoms. The molecule has 158 valence electrons. The minimum Gasteiger partial charge on any atom is -0.478 e. The maximum atomic E-state index is 13.0. The molecule has 1 N–H and O–H groups in total. The first kappa shape index (κ1) is 22.5. The Morgan fingerprint density at radius 3 is 2.32 bits per heavy atom. The zero-order valence-corrected chi connectivity index (χ0v) is 17.2. The monoisotopic (exact) mass is 463 g/mol. The average molecular weight is 464 g/mol. The van der Waals surface area contributed by atoms with E-state index in [0.717, 1.165) is 23.6 Å². The van der Waals surface area contributed by atoms with Crippen LogP contribution in [0.1, 0.15) is 27.0 Å². The molecular weight excluding hydrogens is 451 g/mol. The van der Waals surface area contributed by atoms with Gasteiger partial charge >= 0.3 is 12.1 Å². The largest absolute Gasteiger partial charge is 0.478 e. The highest BCUT2D eigenvalue weighted by molar-refractivity contribution is 8.00. The van der Waals surface area contributed by atoms with Gasteiger partial charge in [0.15, 0.2) is 5.82 Å². The molecule has 0 amide bonds. The number of hydrogen-bond donors (Lipinski definition) is 1. The Labute approximate surface area is 184 Å². The number of alkyl halides is 3. The van der Waals surface area contributed by atoms with Crippen molar-refractivity contribution in [3.05, 3.63) is 88.1 Å². The smallest absolute Gasteiger partial charge is 0.417 e. The minimum absolute atomic E-state index is 0.105. The molecule has 0 unspecified atom stereocenters. The van der Waals surface area contributed by atoms with E-state index in [9.17, 15) is 18.0 Å². The molecule has 0 saturated heterocycles. The standard InChI is InChI=1S/C21H13ClF3N3O2S/c22-18-9-16(21(23,24)25)11-27-19(18)28(12-14-3-1-13(10-26)2-4-14)31-17-7-5-15(6-8-17)20(29)30/h1-9,11H,12H2,(H,29,30). The van der Waals surface area contributed by atoms with E-state index in [4.69, 9.17) is 22.0 Å². The van der Waals surface area contributed by atoms with E-state index in [0.29, 0.717) is 16.7 Å². The predicted octanol–water partition coefficient (Wildman–Crippen LogP) is 6.04. The number of nitriles is 1. The van der Waals surface area contributed by atoms with E-state index in [1.165, 1.54) is 12.1 Å². The Morgan fingerprint density at radius 2 is 1.81 bits per heavy atom. The van der Waals surface area contributed by atoms with Gasteiger partial charge in [-0.3, -0.25) is 4.31 Å². The summed E-state index contributed by atoms with van der Waals surface area (Å²) in [7, 11) is 0. The van der Waals surface area contributed by atoms with Crippen molar-refractivity contribution in [2.24, 2.45) is 0 Å². The number of rotatable bonds is 6. The zero-order valence-electron chi connectivity index (χ0n) is 15.6. The van der Waals surface area contributed by atoms with E-state index in [2.05, 4.69) is 4.98 Å². The second-order valence-electron chi connectivity index (χ2n) is 6.29. The van der Waals surface area contributed by atoms with Crippen LogP contribution in [0.2, 0.25) is 5.02 Å². The maximum Gasteiger partial charge on any atom is 0.417 e. The number of hydrogen-bond acceptors (Lipinski definition) is 5. The molecule has 0 aliphatic rings. The Kier molecular flexibility index (Phi) is 6.73. The SMILES string of the molecule is N#Cc1ccc(CN(Sc2ccc(C(=O)O)cc2)c2ncc(C(F)(F)F)cc2Cl)cc1. The quantitative estimate of drug-likeness (QED) is 0.449. The van der Waals surface area contributed by atoms with Crippen molar-refractivity contribution in [1.29, 1.82) is 5.26 Å². The lowest BCUT2D eigenvalue weighted by Gasteiger charge is -2.24. The van der Waals surface area contributed by atoms with E-state index in [1.54, 1.807) is 40.7 Å². The Hall–Kier alpha value is -3.22. The fourth-order valence-corrected chi connectivity index (χ4v) is 3.83. The summed E-state index contributed by atoms with van der Waals surface area (Å²) in [5.74, 6) is -0.954. The number of halogens is 4. The predicted molar refractivity (Wildman–Crippen MR) is 111 cm³/mol.